The van der Waals surface area contributed by atoms with Gasteiger partial charge in [0.25, 0.3) is 5.91 Å². The molecule has 1 atom stereocenters. The molecular formula is C15H11N3O. The van der Waals surface area contributed by atoms with Crippen molar-refractivity contribution in [3.8, 4) is 6.07 Å². The summed E-state index contributed by atoms with van der Waals surface area (Å²) in [5, 5.41) is 15.3. The van der Waals surface area contributed by atoms with Gasteiger partial charge in [0.2, 0.25) is 5.54 Å². The number of carbonyl (C=O) groups excluding carboxylic acids is 1. The van der Waals surface area contributed by atoms with E-state index < -0.39 is 5.54 Å². The van der Waals surface area contributed by atoms with E-state index in [1.165, 1.54) is 0 Å². The minimum Gasteiger partial charge on any atom is -0.356 e. The summed E-state index contributed by atoms with van der Waals surface area (Å²) in [5.74, 6) is -0.347. The number of para-hydroxylation sites is 2. The number of anilines is 2. The van der Waals surface area contributed by atoms with E-state index in [1.807, 2.05) is 42.5 Å². The van der Waals surface area contributed by atoms with Gasteiger partial charge in [-0.3, -0.25) is 4.79 Å². The van der Waals surface area contributed by atoms with Crippen molar-refractivity contribution >= 4 is 17.3 Å². The number of fused-ring (bicyclic) bond motifs is 1. The molecule has 0 saturated heterocycles. The van der Waals surface area contributed by atoms with Gasteiger partial charge in [-0.1, -0.05) is 36.4 Å². The van der Waals surface area contributed by atoms with Crippen molar-refractivity contribution in [2.24, 2.45) is 0 Å². The van der Waals surface area contributed by atoms with Crippen molar-refractivity contribution in [2.45, 2.75) is 5.54 Å². The summed E-state index contributed by atoms with van der Waals surface area (Å²) in [7, 11) is 0. The molecule has 92 valence electrons. The molecule has 0 aliphatic carbocycles. The highest BCUT2D eigenvalue weighted by Gasteiger charge is 2.47. The van der Waals surface area contributed by atoms with Crippen LogP contribution >= 0.6 is 0 Å². The lowest BCUT2D eigenvalue weighted by Gasteiger charge is -2.22. The fourth-order valence-corrected chi connectivity index (χ4v) is 2.26. The third-order valence-corrected chi connectivity index (χ3v) is 3.19. The second kappa shape index (κ2) is 4.14. The summed E-state index contributed by atoms with van der Waals surface area (Å²) in [6.07, 6.45) is 0. The highest BCUT2D eigenvalue weighted by atomic mass is 16.2. The molecule has 2 N–H and O–H groups in total. The number of nitrogens with one attached hydrogen (secondary N) is 2. The predicted molar refractivity (Wildman–Crippen MR) is 72.4 cm³/mol. The van der Waals surface area contributed by atoms with Crippen LogP contribution in [0.3, 0.4) is 0 Å². The lowest BCUT2D eigenvalue weighted by molar-refractivity contribution is -0.118. The number of nitrogens with zero attached hydrogens (tertiary/aromatic N) is 1. The van der Waals surface area contributed by atoms with Crippen LogP contribution in [0.1, 0.15) is 5.56 Å². The first-order chi connectivity index (χ1) is 9.26. The topological polar surface area (TPSA) is 64.9 Å². The Morgan fingerprint density at radius 3 is 2.47 bits per heavy atom. The Morgan fingerprint density at radius 1 is 1.05 bits per heavy atom. The Kier molecular flexibility index (Phi) is 2.46. The van der Waals surface area contributed by atoms with Crippen molar-refractivity contribution in [2.75, 3.05) is 10.6 Å². The van der Waals surface area contributed by atoms with Crippen LogP contribution in [-0.2, 0) is 10.3 Å². The summed E-state index contributed by atoms with van der Waals surface area (Å²) in [6, 6.07) is 18.6. The second-order valence-electron chi connectivity index (χ2n) is 4.35. The summed E-state index contributed by atoms with van der Waals surface area (Å²) in [4.78, 5) is 12.2. The van der Waals surface area contributed by atoms with Gasteiger partial charge in [-0.2, -0.15) is 5.26 Å². The summed E-state index contributed by atoms with van der Waals surface area (Å²) in [6.45, 7) is 0. The zero-order valence-corrected chi connectivity index (χ0v) is 10.1. The molecule has 1 aliphatic rings. The average molecular weight is 249 g/mol. The van der Waals surface area contributed by atoms with Crippen LogP contribution in [0.5, 0.6) is 0 Å². The van der Waals surface area contributed by atoms with Crippen molar-refractivity contribution in [1.82, 2.24) is 0 Å². The summed E-state index contributed by atoms with van der Waals surface area (Å²) in [5.41, 5.74) is 0.706. The molecule has 4 nitrogen and oxygen atoms in total. The molecular weight excluding hydrogens is 238 g/mol. The SMILES string of the molecule is N#C[C@@]1(Nc2ccccc2)C(=O)Nc2ccccc21. The molecule has 0 bridgehead atoms. The third-order valence-electron chi connectivity index (χ3n) is 3.19. The molecule has 4 heteroatoms. The van der Waals surface area contributed by atoms with Crippen molar-refractivity contribution in [3.63, 3.8) is 0 Å². The first-order valence-corrected chi connectivity index (χ1v) is 5.92. The van der Waals surface area contributed by atoms with Gasteiger partial charge in [-0.25, -0.2) is 0 Å². The van der Waals surface area contributed by atoms with Crippen molar-refractivity contribution in [3.05, 3.63) is 60.2 Å². The molecule has 3 rings (SSSR count). The van der Waals surface area contributed by atoms with Crippen molar-refractivity contribution < 1.29 is 4.79 Å². The first kappa shape index (κ1) is 11.3. The molecule has 0 unspecified atom stereocenters. The maximum atomic E-state index is 12.2. The Bertz CT molecular complexity index is 675. The van der Waals surface area contributed by atoms with Gasteiger partial charge in [-0.15, -0.1) is 0 Å². The minimum absolute atomic E-state index is 0.347. The standard InChI is InChI=1S/C15H11N3O/c16-10-15(18-11-6-2-1-3-7-11)12-8-4-5-9-13(12)17-14(15)19/h1-9,18H,(H,17,19)/t15-/m0/s1. The van der Waals surface area contributed by atoms with E-state index in [4.69, 9.17) is 0 Å². The highest BCUT2D eigenvalue weighted by Crippen LogP contribution is 2.37. The smallest absolute Gasteiger partial charge is 0.269 e. The molecule has 0 radical (unpaired) electrons. The van der Waals surface area contributed by atoms with Gasteiger partial charge >= 0.3 is 0 Å². The molecule has 1 aliphatic heterocycles. The van der Waals surface area contributed by atoms with Crippen LogP contribution in [0.4, 0.5) is 11.4 Å². The Hall–Kier alpha value is -2.80. The third kappa shape index (κ3) is 1.64. The van der Waals surface area contributed by atoms with E-state index in [1.54, 1.807) is 12.1 Å². The maximum Gasteiger partial charge on any atom is 0.269 e. The molecule has 1 amide bonds. The molecule has 2 aromatic carbocycles. The van der Waals surface area contributed by atoms with E-state index in [9.17, 15) is 10.1 Å². The van der Waals surface area contributed by atoms with Gasteiger partial charge < -0.3 is 10.6 Å². The van der Waals surface area contributed by atoms with E-state index in [-0.39, 0.29) is 5.91 Å². The maximum absolute atomic E-state index is 12.2. The number of nitriles is 1. The number of hydrogen-bond donors (Lipinski definition) is 2. The van der Waals surface area contributed by atoms with Crippen LogP contribution in [0.2, 0.25) is 0 Å². The Labute approximate surface area is 110 Å². The van der Waals surface area contributed by atoms with Gasteiger partial charge in [-0.05, 0) is 18.2 Å². The Balaban J connectivity index is 2.10. The monoisotopic (exact) mass is 249 g/mol. The molecule has 0 spiro atoms. The summed E-state index contributed by atoms with van der Waals surface area (Å²) < 4.78 is 0. The quantitative estimate of drug-likeness (QED) is 0.859. The largest absolute Gasteiger partial charge is 0.356 e. The second-order valence-corrected chi connectivity index (χ2v) is 4.35. The van der Waals surface area contributed by atoms with Crippen LogP contribution < -0.4 is 10.6 Å². The summed E-state index contributed by atoms with van der Waals surface area (Å²) >= 11 is 0. The lowest BCUT2D eigenvalue weighted by Crippen LogP contribution is -2.40. The van der Waals surface area contributed by atoms with Crippen LogP contribution in [-0.4, -0.2) is 5.91 Å². The molecule has 0 saturated carbocycles. The fourth-order valence-electron chi connectivity index (χ4n) is 2.26. The highest BCUT2D eigenvalue weighted by molar-refractivity contribution is 6.09. The zero-order valence-electron chi connectivity index (χ0n) is 10.1. The van der Waals surface area contributed by atoms with E-state index in [2.05, 4.69) is 16.7 Å². The number of rotatable bonds is 2. The van der Waals surface area contributed by atoms with E-state index in [0.29, 0.717) is 11.3 Å². The normalized spacial score (nSPS) is 20.3. The zero-order chi connectivity index (χ0) is 13.3. The van der Waals surface area contributed by atoms with Crippen LogP contribution in [0.25, 0.3) is 0 Å². The number of carbonyl (C=O) groups is 1. The van der Waals surface area contributed by atoms with Crippen LogP contribution in [0, 0.1) is 11.3 Å². The van der Waals surface area contributed by atoms with Crippen LogP contribution in [0.15, 0.2) is 54.6 Å². The van der Waals surface area contributed by atoms with E-state index in [0.717, 1.165) is 5.69 Å². The first-order valence-electron chi connectivity index (χ1n) is 5.92. The molecule has 0 aromatic heterocycles. The number of benzene rings is 2. The lowest BCUT2D eigenvalue weighted by atomic mass is 9.92. The van der Waals surface area contributed by atoms with Gasteiger partial charge in [0.1, 0.15) is 6.07 Å². The molecule has 0 fully saturated rings. The Morgan fingerprint density at radius 2 is 1.74 bits per heavy atom. The number of hydrogen-bond acceptors (Lipinski definition) is 3. The van der Waals surface area contributed by atoms with Gasteiger partial charge in [0.15, 0.2) is 0 Å². The average Bonchev–Trinajstić information content (AvgIpc) is 2.73. The minimum atomic E-state index is -1.36. The number of amides is 1. The van der Waals surface area contributed by atoms with E-state index >= 15 is 0 Å². The van der Waals surface area contributed by atoms with Gasteiger partial charge in [0, 0.05) is 16.9 Å². The van der Waals surface area contributed by atoms with Gasteiger partial charge in [0.05, 0.1) is 0 Å². The predicted octanol–water partition coefficient (Wildman–Crippen LogP) is 2.47. The molecule has 2 aromatic rings. The molecule has 1 heterocycles. The fraction of sp³-hybridized carbons (Fsp3) is 0.0667. The van der Waals surface area contributed by atoms with Crippen molar-refractivity contribution in [1.29, 1.82) is 5.26 Å². The molecule has 19 heavy (non-hydrogen) atoms.